The number of carbonyl (C=O) groups excluding carboxylic acids is 1. The molecule has 1 aromatic carbocycles. The summed E-state index contributed by atoms with van der Waals surface area (Å²) in [4.78, 5) is 13.2. The number of amides is 1. The van der Waals surface area contributed by atoms with Crippen molar-refractivity contribution in [1.82, 2.24) is 20.4 Å². The number of nitrogens with zero attached hydrogens (tertiary/aromatic N) is 2. The zero-order valence-corrected chi connectivity index (χ0v) is 16.4. The summed E-state index contributed by atoms with van der Waals surface area (Å²) in [6, 6.07) is 12.0. The maximum Gasteiger partial charge on any atom is 0.271 e. The zero-order valence-electron chi connectivity index (χ0n) is 14.8. The Kier molecular flexibility index (Phi) is 6.49. The van der Waals surface area contributed by atoms with Crippen LogP contribution in [0.15, 0.2) is 42.6 Å². The van der Waals surface area contributed by atoms with Crippen LogP contribution < -0.4 is 10.6 Å². The van der Waals surface area contributed by atoms with Crippen molar-refractivity contribution >= 4 is 39.7 Å². The van der Waals surface area contributed by atoms with Crippen molar-refractivity contribution < 1.29 is 9.90 Å². The topological polar surface area (TPSA) is 79.2 Å². The maximum absolute atomic E-state index is 12.3. The first-order valence-corrected chi connectivity index (χ1v) is 9.73. The summed E-state index contributed by atoms with van der Waals surface area (Å²) in [5.74, 6) is -0.257. The van der Waals surface area contributed by atoms with Gasteiger partial charge in [0, 0.05) is 28.9 Å². The van der Waals surface area contributed by atoms with Gasteiger partial charge in [-0.2, -0.15) is 5.10 Å². The Labute approximate surface area is 168 Å². The number of thiophene rings is 1. The van der Waals surface area contributed by atoms with Crippen LogP contribution in [0.5, 0.6) is 0 Å². The Bertz CT molecular complexity index is 871. The Morgan fingerprint density at radius 3 is 3.04 bits per heavy atom. The monoisotopic (exact) mass is 406 g/mol. The molecule has 0 saturated carbocycles. The third-order valence-electron chi connectivity index (χ3n) is 4.71. The summed E-state index contributed by atoms with van der Waals surface area (Å²) in [5.41, 5.74) is 0.388. The van der Waals surface area contributed by atoms with Gasteiger partial charge in [0.2, 0.25) is 0 Å². The van der Waals surface area contributed by atoms with Gasteiger partial charge < -0.3 is 15.7 Å². The van der Waals surface area contributed by atoms with Gasteiger partial charge in [-0.3, -0.25) is 9.48 Å². The lowest BCUT2D eigenvalue weighted by atomic mass is 10.1. The quantitative estimate of drug-likeness (QED) is 0.608. The van der Waals surface area contributed by atoms with Gasteiger partial charge in [0.15, 0.2) is 0 Å². The number of nitrogens with one attached hydrogen (secondary N) is 2. The number of piperidine rings is 1. The summed E-state index contributed by atoms with van der Waals surface area (Å²) in [7, 11) is 0. The molecule has 2 atom stereocenters. The van der Waals surface area contributed by atoms with Gasteiger partial charge in [-0.15, -0.1) is 23.7 Å². The number of carbonyl (C=O) groups is 1. The molecule has 6 nitrogen and oxygen atoms in total. The fourth-order valence-electron chi connectivity index (χ4n) is 3.27. The van der Waals surface area contributed by atoms with E-state index in [2.05, 4.69) is 15.7 Å². The number of fused-ring (bicyclic) bond motifs is 1. The van der Waals surface area contributed by atoms with Gasteiger partial charge in [0.05, 0.1) is 6.04 Å². The van der Waals surface area contributed by atoms with Crippen molar-refractivity contribution in [1.29, 1.82) is 0 Å². The predicted octanol–water partition coefficient (Wildman–Crippen LogP) is 2.91. The van der Waals surface area contributed by atoms with E-state index < -0.39 is 6.10 Å². The highest BCUT2D eigenvalue weighted by atomic mass is 35.5. The van der Waals surface area contributed by atoms with E-state index in [1.807, 2.05) is 41.2 Å². The van der Waals surface area contributed by atoms with Crippen LogP contribution in [0.2, 0.25) is 0 Å². The van der Waals surface area contributed by atoms with Gasteiger partial charge >= 0.3 is 0 Å². The van der Waals surface area contributed by atoms with Gasteiger partial charge in [0.25, 0.3) is 5.91 Å². The molecule has 3 heterocycles. The first-order valence-electron chi connectivity index (χ1n) is 8.91. The van der Waals surface area contributed by atoms with Crippen LogP contribution >= 0.6 is 23.7 Å². The van der Waals surface area contributed by atoms with Crippen molar-refractivity contribution in [3.63, 3.8) is 0 Å². The summed E-state index contributed by atoms with van der Waals surface area (Å²) in [6.45, 7) is 2.09. The molecule has 27 heavy (non-hydrogen) atoms. The molecule has 3 aromatic rings. The third kappa shape index (κ3) is 4.50. The Hall–Kier alpha value is -1.93. The van der Waals surface area contributed by atoms with Gasteiger partial charge in [-0.25, -0.2) is 0 Å². The fourth-order valence-corrected chi connectivity index (χ4v) is 4.32. The van der Waals surface area contributed by atoms with Crippen LogP contribution in [0, 0.1) is 0 Å². The highest BCUT2D eigenvalue weighted by molar-refractivity contribution is 7.19. The molecule has 2 aromatic heterocycles. The van der Waals surface area contributed by atoms with Crippen molar-refractivity contribution in [2.24, 2.45) is 0 Å². The van der Waals surface area contributed by atoms with Crippen molar-refractivity contribution in [2.45, 2.75) is 25.0 Å². The van der Waals surface area contributed by atoms with Crippen LogP contribution in [0.4, 0.5) is 0 Å². The van der Waals surface area contributed by atoms with Crippen molar-refractivity contribution in [3.8, 4) is 0 Å². The van der Waals surface area contributed by atoms with E-state index in [1.54, 1.807) is 17.4 Å². The number of hydrogen-bond acceptors (Lipinski definition) is 5. The van der Waals surface area contributed by atoms with Gasteiger partial charge in [0.1, 0.15) is 11.8 Å². The van der Waals surface area contributed by atoms with Crippen LogP contribution in [-0.2, 0) is 0 Å². The normalized spacial score (nSPS) is 18.0. The first-order chi connectivity index (χ1) is 12.7. The lowest BCUT2D eigenvalue weighted by Crippen LogP contribution is -2.32. The molecule has 8 heteroatoms. The number of aliphatic hydroxyl groups is 1. The lowest BCUT2D eigenvalue weighted by Gasteiger charge is -2.22. The summed E-state index contributed by atoms with van der Waals surface area (Å²) in [6.07, 6.45) is 3.32. The molecule has 1 fully saturated rings. The minimum absolute atomic E-state index is 0. The summed E-state index contributed by atoms with van der Waals surface area (Å²) >= 11 is 1.55. The van der Waals surface area contributed by atoms with Crippen molar-refractivity contribution in [2.75, 3.05) is 19.6 Å². The van der Waals surface area contributed by atoms with E-state index in [1.165, 1.54) is 0 Å². The van der Waals surface area contributed by atoms with E-state index in [-0.39, 0.29) is 24.9 Å². The van der Waals surface area contributed by atoms with Crippen LogP contribution in [0.3, 0.4) is 0 Å². The molecule has 4 rings (SSSR count). The predicted molar refractivity (Wildman–Crippen MR) is 110 cm³/mol. The van der Waals surface area contributed by atoms with E-state index in [0.717, 1.165) is 40.9 Å². The molecule has 0 aliphatic carbocycles. The summed E-state index contributed by atoms with van der Waals surface area (Å²) < 4.78 is 3.00. The number of hydrogen-bond donors (Lipinski definition) is 3. The average molecular weight is 407 g/mol. The van der Waals surface area contributed by atoms with Gasteiger partial charge in [-0.05, 0) is 43.0 Å². The number of rotatable bonds is 5. The standard InChI is InChI=1S/C19H22N4O2S.ClH/c24-16(18-10-13-4-1-2-6-17(13)26-18)12-21-19(25)15-7-9-23(22-15)14-5-3-8-20-11-14;/h1-2,4,6-7,9-10,14,16,20,24H,3,5,8,11-12H2,(H,21,25);1H. The van der Waals surface area contributed by atoms with Gasteiger partial charge in [-0.1, -0.05) is 18.2 Å². The van der Waals surface area contributed by atoms with E-state index in [4.69, 9.17) is 0 Å². The molecule has 0 radical (unpaired) electrons. The second kappa shape index (κ2) is 8.84. The Morgan fingerprint density at radius 1 is 1.41 bits per heavy atom. The molecule has 144 valence electrons. The Morgan fingerprint density at radius 2 is 2.26 bits per heavy atom. The molecule has 3 N–H and O–H groups in total. The largest absolute Gasteiger partial charge is 0.386 e. The second-order valence-electron chi connectivity index (χ2n) is 6.59. The number of benzene rings is 1. The minimum Gasteiger partial charge on any atom is -0.386 e. The number of halogens is 1. The molecule has 1 aliphatic rings. The molecular formula is C19H23ClN4O2S. The molecule has 1 saturated heterocycles. The summed E-state index contributed by atoms with van der Waals surface area (Å²) in [5, 5.41) is 22.0. The zero-order chi connectivity index (χ0) is 17.9. The average Bonchev–Trinajstić information content (AvgIpc) is 3.33. The van der Waals surface area contributed by atoms with Crippen molar-refractivity contribution in [3.05, 3.63) is 53.2 Å². The number of aliphatic hydroxyl groups excluding tert-OH is 1. The Balaban J connectivity index is 0.00000210. The maximum atomic E-state index is 12.3. The second-order valence-corrected chi connectivity index (χ2v) is 7.71. The molecule has 0 bridgehead atoms. The first kappa shape index (κ1) is 19.8. The third-order valence-corrected chi connectivity index (χ3v) is 5.93. The smallest absolute Gasteiger partial charge is 0.271 e. The van der Waals surface area contributed by atoms with E-state index in [9.17, 15) is 9.90 Å². The molecular weight excluding hydrogens is 384 g/mol. The van der Waals surface area contributed by atoms with Crippen LogP contribution in [0.1, 0.15) is 40.4 Å². The highest BCUT2D eigenvalue weighted by Gasteiger charge is 2.19. The molecule has 1 aliphatic heterocycles. The number of aromatic nitrogens is 2. The molecule has 2 unspecified atom stereocenters. The SMILES string of the molecule is Cl.O=C(NCC(O)c1cc2ccccc2s1)c1ccn(C2CCCNC2)n1. The molecule has 0 spiro atoms. The lowest BCUT2D eigenvalue weighted by molar-refractivity contribution is 0.0911. The van der Waals surface area contributed by atoms with Crippen LogP contribution in [-0.4, -0.2) is 40.4 Å². The molecule has 1 amide bonds. The van der Waals surface area contributed by atoms with E-state index in [0.29, 0.717) is 11.7 Å². The highest BCUT2D eigenvalue weighted by Crippen LogP contribution is 2.29. The fraction of sp³-hybridized carbons (Fsp3) is 0.368. The minimum atomic E-state index is -0.721. The van der Waals surface area contributed by atoms with E-state index >= 15 is 0 Å². The van der Waals surface area contributed by atoms with Crippen LogP contribution in [0.25, 0.3) is 10.1 Å².